The number of carbonyl (C=O) groups is 2. The number of benzene rings is 3. The Balaban J connectivity index is 1.68. The van der Waals surface area contributed by atoms with Crippen molar-refractivity contribution in [3.05, 3.63) is 95.3 Å². The van der Waals surface area contributed by atoms with Gasteiger partial charge in [0, 0.05) is 16.8 Å². The Morgan fingerprint density at radius 1 is 0.929 bits per heavy atom. The molecule has 142 valence electrons. The lowest BCUT2D eigenvalue weighted by Crippen LogP contribution is -2.12. The Morgan fingerprint density at radius 2 is 1.61 bits per heavy atom. The highest BCUT2D eigenvalue weighted by atomic mass is 19.1. The van der Waals surface area contributed by atoms with E-state index in [2.05, 4.69) is 5.32 Å². The SMILES string of the molecule is CC(=O)c1ccc(NC(=O)c2cccc(O[C@H](C)c3ccc(F)cc3)c2)cc1. The predicted octanol–water partition coefficient (Wildman–Crippen LogP) is 5.42. The lowest BCUT2D eigenvalue weighted by molar-refractivity contribution is 0.101. The Bertz CT molecular complexity index is 981. The van der Waals surface area contributed by atoms with Gasteiger partial charge in [0.1, 0.15) is 17.7 Å². The first-order chi connectivity index (χ1) is 13.4. The summed E-state index contributed by atoms with van der Waals surface area (Å²) in [6.45, 7) is 3.35. The Hall–Kier alpha value is -3.47. The van der Waals surface area contributed by atoms with Gasteiger partial charge in [0.15, 0.2) is 5.78 Å². The number of ether oxygens (including phenoxy) is 1. The van der Waals surface area contributed by atoms with Crippen molar-refractivity contribution in [2.75, 3.05) is 5.32 Å². The molecule has 0 heterocycles. The summed E-state index contributed by atoms with van der Waals surface area (Å²) in [4.78, 5) is 23.8. The standard InChI is InChI=1S/C23H20FNO3/c1-15(26)17-8-12-21(13-9-17)25-23(27)19-4-3-5-22(14-19)28-16(2)18-6-10-20(24)11-7-18/h3-14,16H,1-2H3,(H,25,27)/t16-/m1/s1. The number of rotatable bonds is 6. The third-order valence-electron chi connectivity index (χ3n) is 4.30. The van der Waals surface area contributed by atoms with Crippen molar-refractivity contribution in [2.45, 2.75) is 20.0 Å². The van der Waals surface area contributed by atoms with Crippen molar-refractivity contribution in [3.8, 4) is 5.75 Å². The molecule has 0 aliphatic carbocycles. The van der Waals surface area contributed by atoms with Crippen molar-refractivity contribution < 1.29 is 18.7 Å². The van der Waals surface area contributed by atoms with Crippen LogP contribution in [0.5, 0.6) is 5.75 Å². The predicted molar refractivity (Wildman–Crippen MR) is 106 cm³/mol. The molecule has 4 nitrogen and oxygen atoms in total. The van der Waals surface area contributed by atoms with Gasteiger partial charge in [0.05, 0.1) is 0 Å². The van der Waals surface area contributed by atoms with Crippen LogP contribution in [-0.4, -0.2) is 11.7 Å². The summed E-state index contributed by atoms with van der Waals surface area (Å²) in [5.41, 5.74) is 2.46. The number of nitrogens with one attached hydrogen (secondary N) is 1. The summed E-state index contributed by atoms with van der Waals surface area (Å²) in [7, 11) is 0. The molecule has 0 unspecified atom stereocenters. The third kappa shape index (κ3) is 4.82. The van der Waals surface area contributed by atoms with Gasteiger partial charge in [0.25, 0.3) is 5.91 Å². The fraction of sp³-hybridized carbons (Fsp3) is 0.130. The van der Waals surface area contributed by atoms with Crippen LogP contribution in [0.4, 0.5) is 10.1 Å². The maximum atomic E-state index is 13.1. The van der Waals surface area contributed by atoms with Crippen LogP contribution < -0.4 is 10.1 Å². The zero-order valence-corrected chi connectivity index (χ0v) is 15.6. The monoisotopic (exact) mass is 377 g/mol. The Labute approximate surface area is 163 Å². The average Bonchev–Trinajstić information content (AvgIpc) is 2.69. The Kier molecular flexibility index (Phi) is 5.84. The second-order valence-corrected chi connectivity index (χ2v) is 6.43. The highest BCUT2D eigenvalue weighted by molar-refractivity contribution is 6.04. The van der Waals surface area contributed by atoms with Crippen molar-refractivity contribution in [1.29, 1.82) is 0 Å². The number of hydrogen-bond acceptors (Lipinski definition) is 3. The van der Waals surface area contributed by atoms with Crippen LogP contribution in [0.1, 0.15) is 46.2 Å². The van der Waals surface area contributed by atoms with Crippen molar-refractivity contribution in [3.63, 3.8) is 0 Å². The van der Waals surface area contributed by atoms with Crippen molar-refractivity contribution >= 4 is 17.4 Å². The highest BCUT2D eigenvalue weighted by Crippen LogP contribution is 2.23. The molecule has 0 radical (unpaired) electrons. The maximum Gasteiger partial charge on any atom is 0.255 e. The number of Topliss-reactive ketones (excluding diaryl/α,β-unsaturated/α-hetero) is 1. The molecule has 0 bridgehead atoms. The second-order valence-electron chi connectivity index (χ2n) is 6.43. The van der Waals surface area contributed by atoms with E-state index in [1.54, 1.807) is 60.7 Å². The number of ketones is 1. The summed E-state index contributed by atoms with van der Waals surface area (Å²) in [5.74, 6) is -0.0733. The quantitative estimate of drug-likeness (QED) is 0.584. The van der Waals surface area contributed by atoms with Crippen LogP contribution in [0, 0.1) is 5.82 Å². The molecule has 3 rings (SSSR count). The van der Waals surface area contributed by atoms with Crippen LogP contribution in [-0.2, 0) is 0 Å². The van der Waals surface area contributed by atoms with Crippen LogP contribution in [0.25, 0.3) is 0 Å². The van der Waals surface area contributed by atoms with E-state index in [-0.39, 0.29) is 23.6 Å². The van der Waals surface area contributed by atoms with E-state index in [9.17, 15) is 14.0 Å². The number of amides is 1. The smallest absolute Gasteiger partial charge is 0.255 e. The van der Waals surface area contributed by atoms with Gasteiger partial charge in [-0.05, 0) is 74.0 Å². The summed E-state index contributed by atoms with van der Waals surface area (Å²) < 4.78 is 18.9. The average molecular weight is 377 g/mol. The first-order valence-electron chi connectivity index (χ1n) is 8.87. The molecule has 5 heteroatoms. The largest absolute Gasteiger partial charge is 0.486 e. The molecule has 1 atom stereocenters. The van der Waals surface area contributed by atoms with E-state index < -0.39 is 0 Å². The number of hydrogen-bond donors (Lipinski definition) is 1. The molecule has 0 spiro atoms. The van der Waals surface area contributed by atoms with Gasteiger partial charge in [0.2, 0.25) is 0 Å². The Morgan fingerprint density at radius 3 is 2.25 bits per heavy atom. The summed E-state index contributed by atoms with van der Waals surface area (Å²) >= 11 is 0. The summed E-state index contributed by atoms with van der Waals surface area (Å²) in [6.07, 6.45) is -0.293. The minimum Gasteiger partial charge on any atom is -0.486 e. The summed E-state index contributed by atoms with van der Waals surface area (Å²) in [5, 5.41) is 2.80. The third-order valence-corrected chi connectivity index (χ3v) is 4.30. The first kappa shape index (κ1) is 19.3. The van der Waals surface area contributed by atoms with E-state index >= 15 is 0 Å². The van der Waals surface area contributed by atoms with E-state index in [4.69, 9.17) is 4.74 Å². The zero-order valence-electron chi connectivity index (χ0n) is 15.6. The second kappa shape index (κ2) is 8.48. The van der Waals surface area contributed by atoms with Crippen molar-refractivity contribution in [1.82, 2.24) is 0 Å². The maximum absolute atomic E-state index is 13.1. The van der Waals surface area contributed by atoms with Crippen LogP contribution in [0.15, 0.2) is 72.8 Å². The molecule has 0 aliphatic rings. The van der Waals surface area contributed by atoms with Gasteiger partial charge in [-0.1, -0.05) is 18.2 Å². The first-order valence-corrected chi connectivity index (χ1v) is 8.87. The van der Waals surface area contributed by atoms with Crippen molar-refractivity contribution in [2.24, 2.45) is 0 Å². The molecular weight excluding hydrogens is 357 g/mol. The molecule has 1 amide bonds. The molecule has 0 saturated heterocycles. The topological polar surface area (TPSA) is 55.4 Å². The molecule has 3 aromatic carbocycles. The van der Waals surface area contributed by atoms with Gasteiger partial charge in [-0.25, -0.2) is 4.39 Å². The molecule has 1 N–H and O–H groups in total. The fourth-order valence-electron chi connectivity index (χ4n) is 2.71. The van der Waals surface area contributed by atoms with Gasteiger partial charge in [-0.3, -0.25) is 9.59 Å². The number of anilines is 1. The van der Waals surface area contributed by atoms with Gasteiger partial charge >= 0.3 is 0 Å². The minimum atomic E-state index is -0.300. The van der Waals surface area contributed by atoms with Crippen LogP contribution in [0.3, 0.4) is 0 Å². The van der Waals surface area contributed by atoms with E-state index in [1.807, 2.05) is 6.92 Å². The van der Waals surface area contributed by atoms with Crippen LogP contribution in [0.2, 0.25) is 0 Å². The molecule has 0 saturated carbocycles. The molecular formula is C23H20FNO3. The van der Waals surface area contributed by atoms with Gasteiger partial charge < -0.3 is 10.1 Å². The molecule has 28 heavy (non-hydrogen) atoms. The summed E-state index contributed by atoms with van der Waals surface area (Å²) in [6, 6.07) is 19.7. The minimum absolute atomic E-state index is 0.0296. The lowest BCUT2D eigenvalue weighted by atomic mass is 10.1. The van der Waals surface area contributed by atoms with Gasteiger partial charge in [-0.2, -0.15) is 0 Å². The van der Waals surface area contributed by atoms with E-state index in [1.165, 1.54) is 19.1 Å². The number of halogens is 1. The fourth-order valence-corrected chi connectivity index (χ4v) is 2.71. The normalized spacial score (nSPS) is 11.5. The zero-order chi connectivity index (χ0) is 20.1. The lowest BCUT2D eigenvalue weighted by Gasteiger charge is -2.16. The number of carbonyl (C=O) groups excluding carboxylic acids is 2. The van der Waals surface area contributed by atoms with Crippen LogP contribution >= 0.6 is 0 Å². The molecule has 3 aromatic rings. The molecule has 0 fully saturated rings. The molecule has 0 aliphatic heterocycles. The van der Waals surface area contributed by atoms with Gasteiger partial charge in [-0.15, -0.1) is 0 Å². The highest BCUT2D eigenvalue weighted by Gasteiger charge is 2.11. The molecule has 0 aromatic heterocycles. The van der Waals surface area contributed by atoms with E-state index in [0.717, 1.165) is 5.56 Å². The van der Waals surface area contributed by atoms with E-state index in [0.29, 0.717) is 22.6 Å².